The van der Waals surface area contributed by atoms with Crippen LogP contribution in [0.2, 0.25) is 0 Å². The highest BCUT2D eigenvalue weighted by molar-refractivity contribution is 7.95. The van der Waals surface area contributed by atoms with Gasteiger partial charge < -0.3 is 84.8 Å². The lowest BCUT2D eigenvalue weighted by molar-refractivity contribution is -0.150. The van der Waals surface area contributed by atoms with Gasteiger partial charge in [0.15, 0.2) is 5.78 Å². The number of Topliss-reactive ketones (excluding diaryl/α,β-unsaturated/α-hetero) is 4. The van der Waals surface area contributed by atoms with Gasteiger partial charge in [-0.05, 0) is 214 Å². The zero-order valence-electron chi connectivity index (χ0n) is 85.0. The fourth-order valence-corrected chi connectivity index (χ4v) is 22.5. The molecule has 5 aromatic rings. The van der Waals surface area contributed by atoms with Crippen LogP contribution in [0.15, 0.2) is 84.9 Å². The highest BCUT2D eigenvalue weighted by atomic mass is 32.2. The van der Waals surface area contributed by atoms with Crippen LogP contribution in [0.25, 0.3) is 0 Å². The summed E-state index contributed by atoms with van der Waals surface area (Å²) in [4.78, 5) is 155. The van der Waals surface area contributed by atoms with E-state index in [0.717, 1.165) is 110 Å². The number of anilines is 3. The number of nitrogens with two attached hydrogens (primary N) is 2. The Labute approximate surface area is 843 Å². The lowest BCUT2D eigenvalue weighted by Gasteiger charge is -2.56. The van der Waals surface area contributed by atoms with Crippen molar-refractivity contribution in [2.75, 3.05) is 147 Å². The molecule has 34 heteroatoms. The van der Waals surface area contributed by atoms with Gasteiger partial charge in [-0.25, -0.2) is 13.7 Å². The van der Waals surface area contributed by atoms with Gasteiger partial charge in [-0.1, -0.05) is 133 Å². The molecule has 2 fully saturated rings. The fraction of sp³-hybridized carbons (Fsp3) is 0.633. The maximum Gasteiger partial charge on any atom is 0.312 e. The van der Waals surface area contributed by atoms with E-state index in [1.54, 1.807) is 18.7 Å². The van der Waals surface area contributed by atoms with Crippen LogP contribution in [0.1, 0.15) is 271 Å². The molecule has 2 saturated carbocycles. The summed E-state index contributed by atoms with van der Waals surface area (Å²) in [5.74, 6) is 4.55. The molecule has 1 aromatic heterocycles. The van der Waals surface area contributed by atoms with Gasteiger partial charge in [0.05, 0.1) is 150 Å². The van der Waals surface area contributed by atoms with Crippen molar-refractivity contribution >= 4 is 97.3 Å². The monoisotopic (exact) mass is 2000 g/mol. The molecular weight excluding hydrogens is 1850 g/mol. The largest absolute Gasteiger partial charge is 0.399 e. The van der Waals surface area contributed by atoms with Crippen molar-refractivity contribution in [3.8, 4) is 11.8 Å². The number of ether oxygens (including phenoxy) is 9. The number of hydrogen-bond acceptors (Lipinski definition) is 24. The van der Waals surface area contributed by atoms with Gasteiger partial charge in [0, 0.05) is 111 Å². The average Bonchev–Trinajstić information content (AvgIpc) is 0.908. The van der Waals surface area contributed by atoms with Crippen LogP contribution in [-0.4, -0.2) is 231 Å². The zero-order chi connectivity index (χ0) is 102. The molecule has 0 saturated heterocycles. The molecule has 2 heterocycles. The molecule has 10 N–H and O–H groups in total. The first-order valence-corrected chi connectivity index (χ1v) is 53.7. The molecule has 6 aliphatic rings. The second-order valence-electron chi connectivity index (χ2n) is 40.5. The van der Waals surface area contributed by atoms with Crippen molar-refractivity contribution < 1.29 is 104 Å². The number of imide groups is 1. The van der Waals surface area contributed by atoms with E-state index in [9.17, 15) is 56.7 Å². The highest BCUT2D eigenvalue weighted by Crippen LogP contribution is 2.60. The second-order valence-corrected chi connectivity index (χ2v) is 42.5. The number of ketones is 4. The minimum atomic E-state index is -3.10. The average molecular weight is 2000 g/mol. The molecule has 4 aromatic carbocycles. The van der Waals surface area contributed by atoms with Gasteiger partial charge in [0.1, 0.15) is 35.8 Å². The molecule has 784 valence electrons. The predicted octanol–water partition coefficient (Wildman–Crippen LogP) is 12.6. The zero-order valence-corrected chi connectivity index (χ0v) is 85.8. The third-order valence-electron chi connectivity index (χ3n) is 29.7. The molecule has 33 nitrogen and oxygen atoms in total. The van der Waals surface area contributed by atoms with Crippen LogP contribution in [0.5, 0.6) is 0 Å². The van der Waals surface area contributed by atoms with Crippen LogP contribution in [0, 0.1) is 52.3 Å². The number of aromatic nitrogens is 3. The van der Waals surface area contributed by atoms with E-state index in [-0.39, 0.29) is 187 Å². The number of primary amides is 1. The molecule has 5 aliphatic carbocycles. The number of para-hydroxylation sites is 1. The Morgan fingerprint density at radius 1 is 0.545 bits per heavy atom. The number of benzene rings is 4. The van der Waals surface area contributed by atoms with Crippen LogP contribution in [-0.2, 0) is 144 Å². The Bertz CT molecular complexity index is 5290. The summed E-state index contributed by atoms with van der Waals surface area (Å²) < 4.78 is 74.2. The standard InChI is InChI=1S/C109H155N11O22S/c1-76(2)99(93(124)71-82(26-17-51-113-105(111)131)101(127)114-85-39-35-79-37-42-96-107(4,90(79)73-85)47-21-49-109(96,6)104(130)116-103(129)108(5)48-20-46-106(3)89-72-84(110)38-34-78(89)36-41-95(106)108)115-102(128)81(70-88(123)45-55-136-59-63-140-66-65-138-61-57-134-53-18-27-86(121)40-43-98(126)119-74-83-25-12-11-22-77(83)32-33-80-23-13-14-29-91(80)119)24-15-16-50-112-97(125)75-142-94-31-10-8-9-30-92-100(94)117-118-120(92)52-56-137-60-64-141-68-67-139-62-58-135-54-44-87(122)28-19-69-143(7,132)133/h11-14,22-23,25,29,34-35,38-39,72-73,76,81-82,94-96,99H,7-10,15-21,24,26-28,30-31,36-37,40-71,74-75,110H2,1-6H3,(H,112,125)(H,114,127)(H,115,128)(H,132,133)(H3,111,113,131)(H,116,129,130)/t81-,82+,94?,95+,96+,99-,106+,107+,108-,109-/m0/s1. The molecule has 2 unspecified atom stereocenters. The smallest absolute Gasteiger partial charge is 0.312 e. The summed E-state index contributed by atoms with van der Waals surface area (Å²) in [6, 6.07) is 25.5. The Morgan fingerprint density at radius 2 is 1.10 bits per heavy atom. The van der Waals surface area contributed by atoms with Crippen molar-refractivity contribution in [2.24, 2.45) is 46.2 Å². The number of nitrogen functional groups attached to an aromatic ring is 1. The molecular formula is C109H155N11O22S. The van der Waals surface area contributed by atoms with Crippen molar-refractivity contribution in [3.63, 3.8) is 0 Å². The lowest BCUT2D eigenvalue weighted by Crippen LogP contribution is -2.60. The van der Waals surface area contributed by atoms with Gasteiger partial charge >= 0.3 is 6.03 Å². The van der Waals surface area contributed by atoms with Crippen molar-refractivity contribution in [3.05, 3.63) is 135 Å². The summed E-state index contributed by atoms with van der Waals surface area (Å²) >= 11 is 0. The SMILES string of the molecule is C=S(=O)(O)CCCC(=O)CCOCCOCCOCCOCCn1nnc2c1CCCCCC2OCC(=O)NCCCC[C@@H](CC(=O)CCOCCOCCOCCOCCCC(=O)CCC(=O)N1Cc2ccccc2C#Cc2ccccc21)C(=O)N[C@H](C(=O)C[C@@H](CCCNC(N)=O)C(=O)Nc1ccc2c(c1)[C@@]1(C)CCC[C@](C)(C(=O)NC(=O)[C@@]3(C)CCC[C@]4(C)c5cc(N)ccc5CC[C@@H]34)[C@@H]1CC2)C(C)C. The normalized spacial score (nSPS) is 21.0. The van der Waals surface area contributed by atoms with E-state index < -0.39 is 79.6 Å². The van der Waals surface area contributed by atoms with E-state index >= 15 is 4.79 Å². The maximum absolute atomic E-state index is 15.1. The van der Waals surface area contributed by atoms with Crippen LogP contribution >= 0.6 is 0 Å². The van der Waals surface area contributed by atoms with Crippen LogP contribution in [0.4, 0.5) is 21.9 Å². The quantitative estimate of drug-likeness (QED) is 0.00589. The summed E-state index contributed by atoms with van der Waals surface area (Å²) in [7, 11) is -3.10. The molecule has 0 radical (unpaired) electrons. The minimum absolute atomic E-state index is 0.0104. The van der Waals surface area contributed by atoms with Gasteiger partial charge in [0.2, 0.25) is 35.4 Å². The highest BCUT2D eigenvalue weighted by Gasteiger charge is 2.59. The summed E-state index contributed by atoms with van der Waals surface area (Å²) in [6.07, 6.45) is 14.1. The summed E-state index contributed by atoms with van der Waals surface area (Å²) in [5, 5.41) is 23.8. The first-order chi connectivity index (χ1) is 68.8. The summed E-state index contributed by atoms with van der Waals surface area (Å²) in [6.45, 7) is 17.7. The van der Waals surface area contributed by atoms with E-state index in [0.29, 0.717) is 154 Å². The first-order valence-electron chi connectivity index (χ1n) is 51.9. The van der Waals surface area contributed by atoms with Gasteiger partial charge in [0.25, 0.3) is 0 Å². The number of unbranched alkanes of at least 4 members (excludes halogenated alkanes) is 1. The number of aryl methyl sites for hydroxylation is 2. The molecule has 0 spiro atoms. The number of carbonyl (C=O) groups excluding carboxylic acids is 11. The summed E-state index contributed by atoms with van der Waals surface area (Å²) in [5.41, 5.74) is 20.1. The van der Waals surface area contributed by atoms with Crippen molar-refractivity contribution in [1.29, 1.82) is 0 Å². The van der Waals surface area contributed by atoms with E-state index in [4.69, 9.17) is 54.1 Å². The van der Waals surface area contributed by atoms with E-state index in [1.807, 2.05) is 91.3 Å². The van der Waals surface area contributed by atoms with Crippen molar-refractivity contribution in [2.45, 2.75) is 270 Å². The van der Waals surface area contributed by atoms with Gasteiger partial charge in [-0.2, -0.15) is 0 Å². The number of rotatable bonds is 62. The first kappa shape index (κ1) is 113. The predicted molar refractivity (Wildman–Crippen MR) is 545 cm³/mol. The number of nitrogens with one attached hydrogen (secondary N) is 5. The van der Waals surface area contributed by atoms with Gasteiger partial charge in [-0.3, -0.25) is 53.3 Å². The fourth-order valence-electron chi connectivity index (χ4n) is 21.9. The number of nitrogens with zero attached hydrogens (tertiary/aromatic N) is 4. The van der Waals surface area contributed by atoms with E-state index in [1.165, 1.54) is 11.1 Å². The molecule has 143 heavy (non-hydrogen) atoms. The Kier molecular flexibility index (Phi) is 44.9. The van der Waals surface area contributed by atoms with Gasteiger partial charge in [-0.15, -0.1) is 5.10 Å². The molecule has 8 amide bonds. The van der Waals surface area contributed by atoms with E-state index in [2.05, 4.69) is 80.6 Å². The van der Waals surface area contributed by atoms with Crippen LogP contribution < -0.4 is 43.0 Å². The number of hydrogen-bond donors (Lipinski definition) is 8. The number of carbonyl (C=O) groups is 11. The number of urea groups is 1. The Morgan fingerprint density at radius 3 is 1.73 bits per heavy atom. The third kappa shape index (κ3) is 33.8. The topological polar surface area (TPSA) is 454 Å². The molecule has 11 rings (SSSR count). The molecule has 1 aliphatic heterocycles. The number of fused-ring (bicyclic) bond motifs is 9. The Balaban J connectivity index is 0.639. The molecule has 11 atom stereocenters. The van der Waals surface area contributed by atoms with Crippen molar-refractivity contribution in [1.82, 2.24) is 36.3 Å². The maximum atomic E-state index is 15.1. The van der Waals surface area contributed by atoms with Crippen LogP contribution in [0.3, 0.4) is 0 Å². The molecule has 0 bridgehead atoms. The lowest BCUT2D eigenvalue weighted by atomic mass is 9.49. The second kappa shape index (κ2) is 56.6. The minimum Gasteiger partial charge on any atom is -0.399 e. The Hall–Kier alpha value is -10.0. The third-order valence-corrected chi connectivity index (χ3v) is 30.7. The number of amides is 8.